The molecule has 24 heavy (non-hydrogen) atoms. The van der Waals surface area contributed by atoms with Crippen molar-refractivity contribution in [1.82, 2.24) is 0 Å². The molecule has 2 aliphatic rings. The summed E-state index contributed by atoms with van der Waals surface area (Å²) in [4.78, 5) is 11.3. The average molecular weight is 336 g/mol. The molecule has 4 heteroatoms. The molecule has 2 aliphatic carbocycles. The summed E-state index contributed by atoms with van der Waals surface area (Å²) >= 11 is 0. The molecule has 1 nitrogen and oxygen atoms in total. The molecule has 0 aliphatic heterocycles. The summed E-state index contributed by atoms with van der Waals surface area (Å²) in [7, 11) is 0. The van der Waals surface area contributed by atoms with Crippen LogP contribution in [0.25, 0.3) is 6.08 Å². The van der Waals surface area contributed by atoms with Crippen LogP contribution >= 0.6 is 0 Å². The minimum Gasteiger partial charge on any atom is -0.288 e. The topological polar surface area (TPSA) is 17.1 Å². The Morgan fingerprint density at radius 3 is 2.50 bits per heavy atom. The number of benzene rings is 1. The first-order chi connectivity index (χ1) is 11.4. The molecule has 0 aromatic heterocycles. The number of rotatable bonds is 4. The van der Waals surface area contributed by atoms with E-state index >= 15 is 0 Å². The lowest BCUT2D eigenvalue weighted by atomic mass is 9.76. The zero-order valence-electron chi connectivity index (χ0n) is 14.0. The Morgan fingerprint density at radius 2 is 1.83 bits per heavy atom. The van der Waals surface area contributed by atoms with Crippen molar-refractivity contribution < 1.29 is 18.0 Å². The van der Waals surface area contributed by atoms with E-state index in [4.69, 9.17) is 0 Å². The van der Waals surface area contributed by atoms with Crippen LogP contribution in [0.3, 0.4) is 0 Å². The zero-order chi connectivity index (χ0) is 17.3. The number of allylic oxidation sites excluding steroid dienone is 1. The molecule has 1 saturated carbocycles. The quantitative estimate of drug-likeness (QED) is 0.661. The second-order valence-electron chi connectivity index (χ2n) is 7.10. The van der Waals surface area contributed by atoms with Crippen molar-refractivity contribution in [1.29, 1.82) is 0 Å². The van der Waals surface area contributed by atoms with Crippen LogP contribution in [0.5, 0.6) is 0 Å². The van der Waals surface area contributed by atoms with E-state index in [-0.39, 0.29) is 11.5 Å². The third-order valence-electron chi connectivity index (χ3n) is 5.46. The van der Waals surface area contributed by atoms with Crippen LogP contribution < -0.4 is 0 Å². The predicted octanol–water partition coefficient (Wildman–Crippen LogP) is 5.98. The molecule has 0 atom stereocenters. The average Bonchev–Trinajstić information content (AvgIpc) is 2.56. The molecule has 0 bridgehead atoms. The van der Waals surface area contributed by atoms with E-state index in [0.717, 1.165) is 43.2 Å². The third kappa shape index (κ3) is 3.15. The molecule has 1 fully saturated rings. The van der Waals surface area contributed by atoms with Crippen LogP contribution in [0.2, 0.25) is 0 Å². The van der Waals surface area contributed by atoms with Crippen molar-refractivity contribution in [2.45, 2.75) is 63.7 Å². The number of halogens is 3. The Balaban J connectivity index is 1.80. The molecule has 0 heterocycles. The zero-order valence-corrected chi connectivity index (χ0v) is 14.0. The summed E-state index contributed by atoms with van der Waals surface area (Å²) in [5.74, 6) is -5.10. The lowest BCUT2D eigenvalue weighted by Gasteiger charge is -2.30. The van der Waals surface area contributed by atoms with Crippen LogP contribution in [0.15, 0.2) is 18.2 Å². The monoisotopic (exact) mass is 336 g/mol. The van der Waals surface area contributed by atoms with Gasteiger partial charge in [-0.3, -0.25) is 4.79 Å². The summed E-state index contributed by atoms with van der Waals surface area (Å²) in [6.45, 7) is 2.19. The smallest absolute Gasteiger partial charge is 0.288 e. The summed E-state index contributed by atoms with van der Waals surface area (Å²) in [5.41, 5.74) is 0.160. The van der Waals surface area contributed by atoms with Gasteiger partial charge in [-0.25, -0.2) is 4.39 Å². The fraction of sp³-hybridized carbons (Fsp3) is 0.550. The summed E-state index contributed by atoms with van der Waals surface area (Å²) in [6, 6.07) is 2.86. The van der Waals surface area contributed by atoms with Gasteiger partial charge in [-0.1, -0.05) is 38.3 Å². The van der Waals surface area contributed by atoms with E-state index in [1.165, 1.54) is 31.4 Å². The minimum atomic E-state index is -3.76. The standard InChI is InChI=1S/C20H23F3O/c1-2-3-4-13-5-7-14(8-6-13)16-11-15-9-10-18(24)20(22,23)19(15)17(21)12-16/h9-14H,2-8H2,1H3. The highest BCUT2D eigenvalue weighted by molar-refractivity contribution is 6.02. The highest BCUT2D eigenvalue weighted by Crippen LogP contribution is 2.42. The van der Waals surface area contributed by atoms with Gasteiger partial charge in [0.15, 0.2) is 0 Å². The van der Waals surface area contributed by atoms with Crippen molar-refractivity contribution in [3.8, 4) is 0 Å². The molecule has 3 rings (SSSR count). The maximum atomic E-state index is 14.3. The molecule has 0 spiro atoms. The minimum absolute atomic E-state index is 0.141. The van der Waals surface area contributed by atoms with E-state index in [9.17, 15) is 18.0 Å². The van der Waals surface area contributed by atoms with E-state index in [2.05, 4.69) is 6.92 Å². The van der Waals surface area contributed by atoms with Gasteiger partial charge in [0.25, 0.3) is 0 Å². The molecule has 0 amide bonds. The van der Waals surface area contributed by atoms with Gasteiger partial charge in [0.2, 0.25) is 5.78 Å². The van der Waals surface area contributed by atoms with E-state index in [1.807, 2.05) is 0 Å². The van der Waals surface area contributed by atoms with E-state index in [0.29, 0.717) is 0 Å². The Kier molecular flexibility index (Phi) is 4.84. The van der Waals surface area contributed by atoms with E-state index < -0.39 is 23.1 Å². The number of ketones is 1. The number of unbranched alkanes of at least 4 members (excludes halogenated alkanes) is 1. The van der Waals surface area contributed by atoms with Gasteiger partial charge in [0, 0.05) is 0 Å². The van der Waals surface area contributed by atoms with Gasteiger partial charge in [-0.05, 0) is 60.8 Å². The lowest BCUT2D eigenvalue weighted by Crippen LogP contribution is -2.29. The Bertz CT molecular complexity index is 655. The van der Waals surface area contributed by atoms with Gasteiger partial charge in [0.1, 0.15) is 5.82 Å². The molecule has 1 aromatic carbocycles. The summed E-state index contributed by atoms with van der Waals surface area (Å²) < 4.78 is 42.2. The highest BCUT2D eigenvalue weighted by Gasteiger charge is 2.45. The van der Waals surface area contributed by atoms with E-state index in [1.54, 1.807) is 6.07 Å². The Labute approximate surface area is 140 Å². The molecule has 130 valence electrons. The maximum absolute atomic E-state index is 14.3. The van der Waals surface area contributed by atoms with Gasteiger partial charge >= 0.3 is 5.92 Å². The largest absolute Gasteiger partial charge is 0.337 e. The molecule has 0 radical (unpaired) electrons. The van der Waals surface area contributed by atoms with Crippen molar-refractivity contribution in [2.24, 2.45) is 5.92 Å². The number of carbonyl (C=O) groups excluding carboxylic acids is 1. The number of hydrogen-bond donors (Lipinski definition) is 0. The van der Waals surface area contributed by atoms with Crippen LogP contribution in [0.4, 0.5) is 13.2 Å². The van der Waals surface area contributed by atoms with Crippen LogP contribution in [-0.2, 0) is 10.7 Å². The number of alkyl halides is 2. The Morgan fingerprint density at radius 1 is 1.12 bits per heavy atom. The van der Waals surface area contributed by atoms with Crippen molar-refractivity contribution in [2.75, 3.05) is 0 Å². The highest BCUT2D eigenvalue weighted by atomic mass is 19.3. The third-order valence-corrected chi connectivity index (χ3v) is 5.46. The SMILES string of the molecule is CCCCC1CCC(c2cc(F)c3c(c2)C=CC(=O)C3(F)F)CC1. The van der Waals surface area contributed by atoms with Crippen LogP contribution in [0.1, 0.15) is 74.5 Å². The van der Waals surface area contributed by atoms with Crippen molar-refractivity contribution >= 4 is 11.9 Å². The van der Waals surface area contributed by atoms with Gasteiger partial charge < -0.3 is 0 Å². The van der Waals surface area contributed by atoms with Gasteiger partial charge in [0.05, 0.1) is 5.56 Å². The number of hydrogen-bond acceptors (Lipinski definition) is 1. The first-order valence-electron chi connectivity index (χ1n) is 8.87. The second-order valence-corrected chi connectivity index (χ2v) is 7.10. The first-order valence-corrected chi connectivity index (χ1v) is 8.87. The first kappa shape index (κ1) is 17.2. The molecule has 1 aromatic rings. The summed E-state index contributed by atoms with van der Waals surface area (Å²) in [5, 5.41) is 0. The van der Waals surface area contributed by atoms with Gasteiger partial charge in [-0.15, -0.1) is 0 Å². The molecular formula is C20H23F3O. The van der Waals surface area contributed by atoms with Crippen molar-refractivity contribution in [3.05, 3.63) is 40.7 Å². The van der Waals surface area contributed by atoms with Crippen LogP contribution in [-0.4, -0.2) is 5.78 Å². The fourth-order valence-corrected chi connectivity index (χ4v) is 4.02. The van der Waals surface area contributed by atoms with Gasteiger partial charge in [-0.2, -0.15) is 8.78 Å². The molecule has 0 saturated heterocycles. The molecule has 0 unspecified atom stereocenters. The molecule has 0 N–H and O–H groups in total. The fourth-order valence-electron chi connectivity index (χ4n) is 4.02. The Hall–Kier alpha value is -1.58. The number of carbonyl (C=O) groups is 1. The summed E-state index contributed by atoms with van der Waals surface area (Å²) in [6.07, 6.45) is 10.1. The maximum Gasteiger partial charge on any atom is 0.337 e. The normalized spacial score (nSPS) is 25.6. The lowest BCUT2D eigenvalue weighted by molar-refractivity contribution is -0.139. The van der Waals surface area contributed by atoms with Crippen LogP contribution in [0, 0.1) is 11.7 Å². The van der Waals surface area contributed by atoms with Crippen molar-refractivity contribution in [3.63, 3.8) is 0 Å². The molecular weight excluding hydrogens is 313 g/mol. The predicted molar refractivity (Wildman–Crippen MR) is 88.6 cm³/mol. The second kappa shape index (κ2) is 6.73. The number of fused-ring (bicyclic) bond motifs is 1.